The van der Waals surface area contributed by atoms with Crippen LogP contribution < -0.4 is 15.8 Å². The first-order chi connectivity index (χ1) is 14.1. The molecule has 0 aliphatic carbocycles. The molecule has 29 heavy (non-hydrogen) atoms. The van der Waals surface area contributed by atoms with Crippen molar-refractivity contribution in [3.63, 3.8) is 0 Å². The molecule has 6 nitrogen and oxygen atoms in total. The average Bonchev–Trinajstić information content (AvgIpc) is 3.17. The van der Waals surface area contributed by atoms with Gasteiger partial charge in [-0.3, -0.25) is 4.79 Å². The third-order valence-corrected chi connectivity index (χ3v) is 5.31. The average molecular weight is 396 g/mol. The number of aromatic amines is 1. The Bertz CT molecular complexity index is 921. The van der Waals surface area contributed by atoms with E-state index < -0.39 is 5.97 Å². The van der Waals surface area contributed by atoms with Crippen molar-refractivity contribution in [3.05, 3.63) is 65.9 Å². The van der Waals surface area contributed by atoms with Crippen molar-refractivity contribution in [2.75, 3.05) is 13.7 Å². The minimum Gasteiger partial charge on any atom is -0.497 e. The van der Waals surface area contributed by atoms with Crippen molar-refractivity contribution in [3.8, 4) is 5.75 Å². The number of para-hydroxylation sites is 1. The molecule has 3 rings (SSSR count). The molecule has 0 amide bonds. The van der Waals surface area contributed by atoms with E-state index in [0.29, 0.717) is 13.0 Å². The van der Waals surface area contributed by atoms with Crippen LogP contribution in [0.3, 0.4) is 0 Å². The van der Waals surface area contributed by atoms with Gasteiger partial charge in [0.2, 0.25) is 0 Å². The zero-order chi connectivity index (χ0) is 20.6. The summed E-state index contributed by atoms with van der Waals surface area (Å²) in [6.45, 7) is 0.488. The summed E-state index contributed by atoms with van der Waals surface area (Å²) in [6.07, 6.45) is 4.34. The van der Waals surface area contributed by atoms with Gasteiger partial charge >= 0.3 is 5.97 Å². The minimum atomic E-state index is -0.792. The van der Waals surface area contributed by atoms with E-state index in [4.69, 9.17) is 10.5 Å². The standard InChI is InChI=1S/C23H29N3O3/c1-29-18-10-7-16(8-11-18)6-9-17(14-24)26-22(12-13-23(27)28)20-15-25-21-5-3-2-4-19(20)21/h2-5,7-8,10-11,15,17,22,25-26H,6,9,12-14,24H2,1H3,(H,27,28)/t17?,22-/m1/s1. The molecule has 0 spiro atoms. The van der Waals surface area contributed by atoms with E-state index in [1.807, 2.05) is 36.5 Å². The Labute approximate surface area is 171 Å². The zero-order valence-electron chi connectivity index (χ0n) is 16.7. The molecule has 0 saturated carbocycles. The number of aryl methyl sites for hydroxylation is 1. The molecule has 1 aromatic heterocycles. The number of benzene rings is 2. The highest BCUT2D eigenvalue weighted by atomic mass is 16.5. The van der Waals surface area contributed by atoms with E-state index in [1.54, 1.807) is 7.11 Å². The Morgan fingerprint density at radius 2 is 1.93 bits per heavy atom. The molecule has 3 aromatic rings. The molecule has 0 aliphatic heterocycles. The van der Waals surface area contributed by atoms with Gasteiger partial charge in [0.05, 0.1) is 7.11 Å². The summed E-state index contributed by atoms with van der Waals surface area (Å²) in [5.41, 5.74) is 9.40. The van der Waals surface area contributed by atoms with Crippen molar-refractivity contribution in [2.45, 2.75) is 37.8 Å². The van der Waals surface area contributed by atoms with Crippen LogP contribution in [0.5, 0.6) is 5.75 Å². The summed E-state index contributed by atoms with van der Waals surface area (Å²) >= 11 is 0. The first-order valence-electron chi connectivity index (χ1n) is 9.97. The number of carbonyl (C=O) groups is 1. The lowest BCUT2D eigenvalue weighted by Crippen LogP contribution is -2.39. The van der Waals surface area contributed by atoms with Gasteiger partial charge in [0.15, 0.2) is 0 Å². The normalized spacial score (nSPS) is 13.3. The summed E-state index contributed by atoms with van der Waals surface area (Å²) in [5, 5.41) is 13.9. The van der Waals surface area contributed by atoms with Gasteiger partial charge in [-0.1, -0.05) is 30.3 Å². The molecule has 1 heterocycles. The summed E-state index contributed by atoms with van der Waals surface area (Å²) in [7, 11) is 1.66. The second-order valence-electron chi connectivity index (χ2n) is 7.26. The van der Waals surface area contributed by atoms with Gasteiger partial charge in [-0.25, -0.2) is 0 Å². The number of hydrogen-bond acceptors (Lipinski definition) is 4. The predicted octanol–water partition coefficient (Wildman–Crippen LogP) is 3.63. The van der Waals surface area contributed by atoms with E-state index in [-0.39, 0.29) is 18.5 Å². The molecule has 154 valence electrons. The number of nitrogens with two attached hydrogens (primary N) is 1. The van der Waals surface area contributed by atoms with Crippen molar-refractivity contribution in [1.82, 2.24) is 10.3 Å². The Morgan fingerprint density at radius 3 is 2.62 bits per heavy atom. The van der Waals surface area contributed by atoms with E-state index in [1.165, 1.54) is 5.56 Å². The molecule has 0 radical (unpaired) electrons. The summed E-state index contributed by atoms with van der Waals surface area (Å²) < 4.78 is 5.21. The van der Waals surface area contributed by atoms with Gasteiger partial charge in [-0.15, -0.1) is 0 Å². The van der Waals surface area contributed by atoms with Crippen molar-refractivity contribution >= 4 is 16.9 Å². The highest BCUT2D eigenvalue weighted by Gasteiger charge is 2.20. The largest absolute Gasteiger partial charge is 0.497 e. The smallest absolute Gasteiger partial charge is 0.303 e. The van der Waals surface area contributed by atoms with Gasteiger partial charge in [0.1, 0.15) is 5.75 Å². The molecule has 0 saturated heterocycles. The Kier molecular flexibility index (Phi) is 7.27. The van der Waals surface area contributed by atoms with Gasteiger partial charge in [0.25, 0.3) is 0 Å². The van der Waals surface area contributed by atoms with Crippen LogP contribution in [-0.4, -0.2) is 35.8 Å². The fourth-order valence-corrected chi connectivity index (χ4v) is 3.67. The van der Waals surface area contributed by atoms with Crippen LogP contribution >= 0.6 is 0 Å². The second-order valence-corrected chi connectivity index (χ2v) is 7.26. The van der Waals surface area contributed by atoms with E-state index in [0.717, 1.165) is 35.1 Å². The summed E-state index contributed by atoms with van der Waals surface area (Å²) in [5.74, 6) is 0.0505. The van der Waals surface area contributed by atoms with Gasteiger partial charge in [-0.05, 0) is 48.6 Å². The molecule has 2 aromatic carbocycles. The van der Waals surface area contributed by atoms with Crippen LogP contribution in [0.1, 0.15) is 36.4 Å². The molecule has 0 aliphatic rings. The number of aromatic nitrogens is 1. The maximum Gasteiger partial charge on any atom is 0.303 e. The van der Waals surface area contributed by atoms with Crippen molar-refractivity contribution in [2.24, 2.45) is 5.73 Å². The lowest BCUT2D eigenvalue weighted by molar-refractivity contribution is -0.137. The molecular formula is C23H29N3O3. The minimum absolute atomic E-state index is 0.0772. The third kappa shape index (κ3) is 5.59. The van der Waals surface area contributed by atoms with Crippen molar-refractivity contribution < 1.29 is 14.6 Å². The fraction of sp³-hybridized carbons (Fsp3) is 0.348. The van der Waals surface area contributed by atoms with Crippen LogP contribution in [0.15, 0.2) is 54.7 Å². The predicted molar refractivity (Wildman–Crippen MR) is 115 cm³/mol. The van der Waals surface area contributed by atoms with Crippen LogP contribution in [-0.2, 0) is 11.2 Å². The number of carboxylic acid groups (broad SMARTS) is 1. The number of ether oxygens (including phenoxy) is 1. The molecule has 5 N–H and O–H groups in total. The van der Waals surface area contributed by atoms with Crippen molar-refractivity contribution in [1.29, 1.82) is 0 Å². The maximum atomic E-state index is 11.2. The number of hydrogen-bond donors (Lipinski definition) is 4. The van der Waals surface area contributed by atoms with Gasteiger partial charge in [0, 0.05) is 42.1 Å². The first kappa shape index (κ1) is 20.9. The van der Waals surface area contributed by atoms with Crippen LogP contribution in [0, 0.1) is 0 Å². The van der Waals surface area contributed by atoms with Gasteiger partial charge < -0.3 is 25.9 Å². The highest BCUT2D eigenvalue weighted by Crippen LogP contribution is 2.28. The number of nitrogens with one attached hydrogen (secondary N) is 2. The van der Waals surface area contributed by atoms with Gasteiger partial charge in [-0.2, -0.15) is 0 Å². The Hall–Kier alpha value is -2.83. The number of methoxy groups -OCH3 is 1. The number of fused-ring (bicyclic) bond motifs is 1. The third-order valence-electron chi connectivity index (χ3n) is 5.31. The quantitative estimate of drug-likeness (QED) is 0.397. The number of aliphatic carboxylic acids is 1. The van der Waals surface area contributed by atoms with Crippen LogP contribution in [0.2, 0.25) is 0 Å². The molecule has 0 fully saturated rings. The lowest BCUT2D eigenvalue weighted by Gasteiger charge is -2.25. The lowest BCUT2D eigenvalue weighted by atomic mass is 9.98. The first-order valence-corrected chi connectivity index (χ1v) is 9.97. The molecule has 2 atom stereocenters. The monoisotopic (exact) mass is 395 g/mol. The zero-order valence-corrected chi connectivity index (χ0v) is 16.7. The maximum absolute atomic E-state index is 11.2. The number of H-pyrrole nitrogens is 1. The number of carboxylic acids is 1. The molecule has 0 bridgehead atoms. The van der Waals surface area contributed by atoms with E-state index in [2.05, 4.69) is 28.5 Å². The Morgan fingerprint density at radius 1 is 1.17 bits per heavy atom. The summed E-state index contributed by atoms with van der Waals surface area (Å²) in [6, 6.07) is 16.1. The van der Waals surface area contributed by atoms with E-state index in [9.17, 15) is 9.90 Å². The van der Waals surface area contributed by atoms with E-state index >= 15 is 0 Å². The topological polar surface area (TPSA) is 100 Å². The Balaban J connectivity index is 1.71. The fourth-order valence-electron chi connectivity index (χ4n) is 3.67. The second kappa shape index (κ2) is 10.1. The molecule has 6 heteroatoms. The number of rotatable bonds is 11. The molecular weight excluding hydrogens is 366 g/mol. The summed E-state index contributed by atoms with van der Waals surface area (Å²) in [4.78, 5) is 14.5. The van der Waals surface area contributed by atoms with Crippen LogP contribution in [0.4, 0.5) is 0 Å². The SMILES string of the molecule is COc1ccc(CCC(CN)N[C@H](CCC(=O)O)c2c[nH]c3ccccc23)cc1. The highest BCUT2D eigenvalue weighted by molar-refractivity contribution is 5.83. The molecule has 1 unspecified atom stereocenters. The van der Waals surface area contributed by atoms with Crippen LogP contribution in [0.25, 0.3) is 10.9 Å².